The van der Waals surface area contributed by atoms with Crippen molar-refractivity contribution in [2.75, 3.05) is 0 Å². The van der Waals surface area contributed by atoms with Gasteiger partial charge in [-0.05, 0) is 43.4 Å². The van der Waals surface area contributed by atoms with E-state index in [1.807, 2.05) is 0 Å². The topological polar surface area (TPSA) is 23.8 Å². The molecule has 1 aliphatic rings. The minimum atomic E-state index is 0.215. The summed E-state index contributed by atoms with van der Waals surface area (Å²) in [6, 6.07) is 8.91. The van der Waals surface area contributed by atoms with Crippen LogP contribution < -0.4 is 0 Å². The molecule has 0 aromatic heterocycles. The molecule has 1 fully saturated rings. The van der Waals surface area contributed by atoms with Gasteiger partial charge in [0, 0.05) is 11.8 Å². The first-order valence-corrected chi connectivity index (χ1v) is 5.13. The number of benzene rings is 1. The van der Waals surface area contributed by atoms with Crippen molar-refractivity contribution < 1.29 is 0 Å². The minimum absolute atomic E-state index is 0.215. The number of hydrogen-bond donors (Lipinski definition) is 0. The number of nitrogens with zero attached hydrogens (tertiary/aromatic N) is 1. The van der Waals surface area contributed by atoms with Crippen molar-refractivity contribution in [2.24, 2.45) is 0 Å². The van der Waals surface area contributed by atoms with E-state index < -0.39 is 0 Å². The Morgan fingerprint density at radius 2 is 2.00 bits per heavy atom. The Hall–Kier alpha value is -1.29. The fourth-order valence-corrected chi connectivity index (χ4v) is 1.94. The predicted molar refractivity (Wildman–Crippen MR) is 57.1 cm³/mol. The van der Waals surface area contributed by atoms with Crippen LogP contribution in [0, 0.1) is 25.2 Å². The lowest BCUT2D eigenvalue weighted by Gasteiger charge is -2.13. The summed E-state index contributed by atoms with van der Waals surface area (Å²) in [6.07, 6.45) is 3.04. The second-order valence-electron chi connectivity index (χ2n) is 4.41. The molecule has 0 N–H and O–H groups in total. The molecule has 0 amide bonds. The Bertz CT molecular complexity index is 394. The van der Waals surface area contributed by atoms with Crippen LogP contribution in [0.4, 0.5) is 0 Å². The first kappa shape index (κ1) is 9.27. The van der Waals surface area contributed by atoms with Crippen LogP contribution in [0.1, 0.15) is 36.0 Å². The van der Waals surface area contributed by atoms with Crippen LogP contribution in [-0.2, 0) is 5.41 Å². The van der Waals surface area contributed by atoms with Crippen LogP contribution in [0.2, 0.25) is 0 Å². The van der Waals surface area contributed by atoms with E-state index in [9.17, 15) is 0 Å². The molecule has 0 radical (unpaired) electrons. The predicted octanol–water partition coefficient (Wildman–Crippen LogP) is 3.25. The molecule has 1 heteroatoms. The minimum Gasteiger partial charge on any atom is -0.198 e. The Kier molecular flexibility index (Phi) is 2.07. The number of nitriles is 1. The zero-order chi connectivity index (χ0) is 10.2. The van der Waals surface area contributed by atoms with Gasteiger partial charge in [0.05, 0.1) is 6.07 Å². The smallest absolute Gasteiger partial charge is 0.0631 e. The van der Waals surface area contributed by atoms with Gasteiger partial charge in [-0.1, -0.05) is 18.2 Å². The van der Waals surface area contributed by atoms with Crippen molar-refractivity contribution in [1.82, 2.24) is 0 Å². The summed E-state index contributed by atoms with van der Waals surface area (Å²) in [6.45, 7) is 4.27. The molecule has 1 saturated carbocycles. The molecule has 0 aliphatic heterocycles. The third-order valence-electron chi connectivity index (χ3n) is 3.39. The van der Waals surface area contributed by atoms with Gasteiger partial charge in [-0.3, -0.25) is 0 Å². The maximum Gasteiger partial charge on any atom is 0.0631 e. The van der Waals surface area contributed by atoms with Gasteiger partial charge in [-0.15, -0.1) is 0 Å². The van der Waals surface area contributed by atoms with E-state index in [0.717, 1.165) is 0 Å². The molecule has 0 heterocycles. The quantitative estimate of drug-likeness (QED) is 0.693. The van der Waals surface area contributed by atoms with Gasteiger partial charge in [-0.2, -0.15) is 5.26 Å². The molecule has 0 bridgehead atoms. The average molecular weight is 185 g/mol. The molecule has 1 aliphatic carbocycles. The van der Waals surface area contributed by atoms with E-state index in [1.54, 1.807) is 0 Å². The van der Waals surface area contributed by atoms with Crippen molar-refractivity contribution >= 4 is 0 Å². The van der Waals surface area contributed by atoms with E-state index in [2.05, 4.69) is 38.1 Å². The molecular weight excluding hydrogens is 170 g/mol. The summed E-state index contributed by atoms with van der Waals surface area (Å²) in [5.41, 5.74) is 4.25. The summed E-state index contributed by atoms with van der Waals surface area (Å²) in [7, 11) is 0. The van der Waals surface area contributed by atoms with Crippen LogP contribution in [0.25, 0.3) is 0 Å². The molecule has 0 saturated heterocycles. The highest BCUT2D eigenvalue weighted by Gasteiger charge is 2.43. The van der Waals surface area contributed by atoms with Gasteiger partial charge in [0.2, 0.25) is 0 Å². The van der Waals surface area contributed by atoms with E-state index in [1.165, 1.54) is 29.5 Å². The lowest BCUT2D eigenvalue weighted by molar-refractivity contribution is 0.713. The molecule has 0 unspecified atom stereocenters. The summed E-state index contributed by atoms with van der Waals surface area (Å²) < 4.78 is 0. The van der Waals surface area contributed by atoms with Gasteiger partial charge in [-0.25, -0.2) is 0 Å². The Morgan fingerprint density at radius 3 is 2.50 bits per heavy atom. The number of hydrogen-bond acceptors (Lipinski definition) is 1. The average Bonchev–Trinajstić information content (AvgIpc) is 2.91. The molecule has 1 nitrogen and oxygen atoms in total. The highest BCUT2D eigenvalue weighted by atomic mass is 14.5. The van der Waals surface area contributed by atoms with E-state index in [-0.39, 0.29) is 5.41 Å². The van der Waals surface area contributed by atoms with Crippen molar-refractivity contribution in [3.63, 3.8) is 0 Å². The van der Waals surface area contributed by atoms with Gasteiger partial charge < -0.3 is 0 Å². The maximum absolute atomic E-state index is 8.78. The standard InChI is InChI=1S/C13H15N/c1-10-3-4-12(9-11(10)2)13(5-6-13)7-8-14/h3-4,9H,5-7H2,1-2H3. The zero-order valence-electron chi connectivity index (χ0n) is 8.80. The summed E-state index contributed by atoms with van der Waals surface area (Å²) in [5.74, 6) is 0. The summed E-state index contributed by atoms with van der Waals surface area (Å²) in [5, 5.41) is 8.78. The fourth-order valence-electron chi connectivity index (χ4n) is 1.94. The second kappa shape index (κ2) is 3.13. The third kappa shape index (κ3) is 1.42. The molecule has 1 aromatic carbocycles. The van der Waals surface area contributed by atoms with E-state index in [4.69, 9.17) is 5.26 Å². The van der Waals surface area contributed by atoms with Gasteiger partial charge in [0.15, 0.2) is 0 Å². The highest BCUT2D eigenvalue weighted by molar-refractivity contribution is 5.38. The van der Waals surface area contributed by atoms with Gasteiger partial charge in [0.25, 0.3) is 0 Å². The summed E-state index contributed by atoms with van der Waals surface area (Å²) >= 11 is 0. The number of rotatable bonds is 2. The third-order valence-corrected chi connectivity index (χ3v) is 3.39. The van der Waals surface area contributed by atoms with Crippen LogP contribution >= 0.6 is 0 Å². The zero-order valence-corrected chi connectivity index (χ0v) is 8.80. The molecule has 72 valence electrons. The summed E-state index contributed by atoms with van der Waals surface area (Å²) in [4.78, 5) is 0. The molecule has 1 aromatic rings. The Morgan fingerprint density at radius 1 is 1.29 bits per heavy atom. The maximum atomic E-state index is 8.78. The number of aryl methyl sites for hydroxylation is 2. The van der Waals surface area contributed by atoms with Crippen molar-refractivity contribution in [3.8, 4) is 6.07 Å². The first-order valence-electron chi connectivity index (χ1n) is 5.13. The van der Waals surface area contributed by atoms with Gasteiger partial charge >= 0.3 is 0 Å². The van der Waals surface area contributed by atoms with Crippen LogP contribution in [-0.4, -0.2) is 0 Å². The van der Waals surface area contributed by atoms with Crippen molar-refractivity contribution in [3.05, 3.63) is 34.9 Å². The second-order valence-corrected chi connectivity index (χ2v) is 4.41. The first-order chi connectivity index (χ1) is 6.68. The largest absolute Gasteiger partial charge is 0.198 e. The molecule has 14 heavy (non-hydrogen) atoms. The van der Waals surface area contributed by atoms with E-state index in [0.29, 0.717) is 6.42 Å². The normalized spacial score (nSPS) is 17.5. The lowest BCUT2D eigenvalue weighted by atomic mass is 9.91. The fraction of sp³-hybridized carbons (Fsp3) is 0.462. The van der Waals surface area contributed by atoms with Crippen molar-refractivity contribution in [1.29, 1.82) is 5.26 Å². The Labute approximate surface area is 85.4 Å². The highest BCUT2D eigenvalue weighted by Crippen LogP contribution is 2.50. The van der Waals surface area contributed by atoms with Crippen LogP contribution in [0.15, 0.2) is 18.2 Å². The monoisotopic (exact) mass is 185 g/mol. The van der Waals surface area contributed by atoms with Crippen LogP contribution in [0.5, 0.6) is 0 Å². The van der Waals surface area contributed by atoms with Crippen LogP contribution in [0.3, 0.4) is 0 Å². The SMILES string of the molecule is Cc1ccc(C2(CC#N)CC2)cc1C. The van der Waals surface area contributed by atoms with E-state index >= 15 is 0 Å². The lowest BCUT2D eigenvalue weighted by Crippen LogP contribution is -2.05. The molecule has 0 atom stereocenters. The van der Waals surface area contributed by atoms with Gasteiger partial charge in [0.1, 0.15) is 0 Å². The molecule has 2 rings (SSSR count). The Balaban J connectivity index is 2.34. The molecular formula is C13H15N. The molecule has 0 spiro atoms. The van der Waals surface area contributed by atoms with Crippen molar-refractivity contribution in [2.45, 2.75) is 38.5 Å².